The summed E-state index contributed by atoms with van der Waals surface area (Å²) in [4.78, 5) is 29.9. The fraction of sp³-hybridized carbons (Fsp3) is 0.333. The Hall–Kier alpha value is -4.24. The van der Waals surface area contributed by atoms with Crippen LogP contribution in [-0.2, 0) is 14.3 Å². The maximum absolute atomic E-state index is 13.8. The maximum Gasteiger partial charge on any atom is 0.338 e. The zero-order valence-corrected chi connectivity index (χ0v) is 29.5. The molecule has 0 amide bonds. The molecule has 3 aromatic carbocycles. The number of hydrogen-bond donors (Lipinski definition) is 1. The smallest absolute Gasteiger partial charge is 0.338 e. The van der Waals surface area contributed by atoms with Crippen LogP contribution in [0.2, 0.25) is 0 Å². The standard InChI is InChI=1S/C39H42Cl2N2O6/c1-5-31(40)30(32(41)6-2)23-34(27-15-16-33(46-3)35(22-27)47-4)48-38(44)28-13-10-14-29(21-28)42-37(26-11-8-7-9-12-26)39(45)49-36-24-43-19-17-25(36)18-20-43/h5-16,21-22,25,34,36-37,42H,1,17-20,23-24H2,2-4H3/b31-30+,32-6+/t34-,36-,37-/m0/s1. The summed E-state index contributed by atoms with van der Waals surface area (Å²) in [5.74, 6) is 0.440. The van der Waals surface area contributed by atoms with Gasteiger partial charge in [-0.25, -0.2) is 9.59 Å². The number of ether oxygens (including phenoxy) is 4. The Labute approximate surface area is 298 Å². The third kappa shape index (κ3) is 8.87. The molecule has 3 aliphatic heterocycles. The van der Waals surface area contributed by atoms with E-state index in [0.717, 1.165) is 38.0 Å². The summed E-state index contributed by atoms with van der Waals surface area (Å²) in [6, 6.07) is 20.8. The van der Waals surface area contributed by atoms with Crippen molar-refractivity contribution >= 4 is 40.8 Å². The summed E-state index contributed by atoms with van der Waals surface area (Å²) in [5, 5.41) is 4.08. The number of benzene rings is 3. The molecule has 3 aliphatic rings. The van der Waals surface area contributed by atoms with Crippen LogP contribution in [0.1, 0.15) is 59.8 Å². The minimum Gasteiger partial charge on any atom is -0.493 e. The van der Waals surface area contributed by atoms with Gasteiger partial charge in [0.15, 0.2) is 17.5 Å². The van der Waals surface area contributed by atoms with E-state index >= 15 is 0 Å². The quantitative estimate of drug-likeness (QED) is 0.132. The van der Waals surface area contributed by atoms with Gasteiger partial charge in [0.05, 0.1) is 19.8 Å². The van der Waals surface area contributed by atoms with Crippen LogP contribution in [0.3, 0.4) is 0 Å². The molecule has 3 heterocycles. The molecule has 0 aliphatic carbocycles. The Bertz CT molecular complexity index is 1700. The van der Waals surface area contributed by atoms with Crippen molar-refractivity contribution in [1.82, 2.24) is 4.90 Å². The van der Waals surface area contributed by atoms with E-state index < -0.39 is 18.1 Å². The molecule has 3 fully saturated rings. The first kappa shape index (κ1) is 36.1. The summed E-state index contributed by atoms with van der Waals surface area (Å²) in [6.07, 6.45) is 4.50. The Morgan fingerprint density at radius 1 is 0.959 bits per heavy atom. The number of halogens is 2. The molecule has 258 valence electrons. The molecule has 3 aromatic rings. The van der Waals surface area contributed by atoms with Gasteiger partial charge < -0.3 is 24.3 Å². The van der Waals surface area contributed by atoms with E-state index in [1.54, 1.807) is 62.6 Å². The zero-order chi connectivity index (χ0) is 34.9. The van der Waals surface area contributed by atoms with Crippen LogP contribution in [0, 0.1) is 5.92 Å². The number of carbonyl (C=O) groups excluding carboxylic acids is 2. The summed E-state index contributed by atoms with van der Waals surface area (Å²) >= 11 is 13.1. The Balaban J connectivity index is 1.40. The number of anilines is 1. The second-order valence-corrected chi connectivity index (χ2v) is 12.9. The van der Waals surface area contributed by atoms with E-state index in [2.05, 4.69) is 16.8 Å². The fourth-order valence-corrected chi connectivity index (χ4v) is 6.76. The number of methoxy groups -OCH3 is 2. The molecule has 1 N–H and O–H groups in total. The first-order valence-corrected chi connectivity index (χ1v) is 17.1. The molecule has 3 atom stereocenters. The van der Waals surface area contributed by atoms with Gasteiger partial charge in [-0.05, 0) is 85.8 Å². The third-order valence-corrected chi connectivity index (χ3v) is 9.90. The molecule has 0 unspecified atom stereocenters. The van der Waals surface area contributed by atoms with Gasteiger partial charge in [0.1, 0.15) is 12.2 Å². The van der Waals surface area contributed by atoms with Crippen LogP contribution in [0.4, 0.5) is 5.69 Å². The van der Waals surface area contributed by atoms with Crippen molar-refractivity contribution in [3.63, 3.8) is 0 Å². The van der Waals surface area contributed by atoms with Gasteiger partial charge in [0.25, 0.3) is 0 Å². The van der Waals surface area contributed by atoms with Gasteiger partial charge in [-0.1, -0.05) is 84.4 Å². The number of carbonyl (C=O) groups is 2. The van der Waals surface area contributed by atoms with Crippen molar-refractivity contribution in [2.45, 2.75) is 44.4 Å². The summed E-state index contributed by atoms with van der Waals surface area (Å²) in [6.45, 7) is 8.44. The van der Waals surface area contributed by atoms with Gasteiger partial charge in [0.2, 0.25) is 0 Å². The van der Waals surface area contributed by atoms with Crippen LogP contribution < -0.4 is 14.8 Å². The molecular formula is C39H42Cl2N2O6. The van der Waals surface area contributed by atoms with Gasteiger partial charge >= 0.3 is 11.9 Å². The van der Waals surface area contributed by atoms with E-state index in [-0.39, 0.29) is 24.1 Å². The van der Waals surface area contributed by atoms with Crippen LogP contribution in [0.25, 0.3) is 0 Å². The molecule has 3 saturated heterocycles. The lowest BCUT2D eigenvalue weighted by molar-refractivity contribution is -0.159. The summed E-state index contributed by atoms with van der Waals surface area (Å²) in [7, 11) is 3.08. The van der Waals surface area contributed by atoms with E-state index in [1.807, 2.05) is 30.3 Å². The Morgan fingerprint density at radius 2 is 1.69 bits per heavy atom. The SMILES string of the molecule is C=C/C(Cl)=C(C[C@H](OC(=O)c1cccc(N[C@H](C(=O)O[C@H]2CN3CCC2CC3)c2ccccc2)c1)c1ccc(OC)c(OC)c1)\C(Cl)=C/C. The lowest BCUT2D eigenvalue weighted by Crippen LogP contribution is -2.52. The topological polar surface area (TPSA) is 86.3 Å². The number of rotatable bonds is 14. The third-order valence-electron chi connectivity index (χ3n) is 9.07. The largest absolute Gasteiger partial charge is 0.493 e. The van der Waals surface area contributed by atoms with Gasteiger partial charge in [-0.3, -0.25) is 4.90 Å². The number of nitrogens with zero attached hydrogens (tertiary/aromatic N) is 1. The Kier molecular flexibility index (Phi) is 12.5. The summed E-state index contributed by atoms with van der Waals surface area (Å²) in [5.41, 5.74) is 2.81. The number of nitrogens with one attached hydrogen (secondary N) is 1. The highest BCUT2D eigenvalue weighted by Crippen LogP contribution is 2.38. The molecule has 8 nitrogen and oxygen atoms in total. The molecule has 0 saturated carbocycles. The monoisotopic (exact) mass is 704 g/mol. The van der Waals surface area contributed by atoms with Crippen LogP contribution in [-0.4, -0.2) is 56.8 Å². The van der Waals surface area contributed by atoms with Crippen molar-refractivity contribution in [2.24, 2.45) is 5.92 Å². The molecule has 0 spiro atoms. The second kappa shape index (κ2) is 16.9. The van der Waals surface area contributed by atoms with Crippen molar-refractivity contribution in [3.8, 4) is 11.5 Å². The van der Waals surface area contributed by atoms with Crippen LogP contribution in [0.5, 0.6) is 11.5 Å². The van der Waals surface area contributed by atoms with Gasteiger partial charge in [0, 0.05) is 28.7 Å². The summed E-state index contributed by atoms with van der Waals surface area (Å²) < 4.78 is 23.2. The van der Waals surface area contributed by atoms with Crippen LogP contribution in [0.15, 0.2) is 107 Å². The zero-order valence-electron chi connectivity index (χ0n) is 28.0. The predicted octanol–water partition coefficient (Wildman–Crippen LogP) is 8.60. The molecule has 2 bridgehead atoms. The second-order valence-electron chi connectivity index (χ2n) is 12.1. The minimum absolute atomic E-state index is 0.137. The highest BCUT2D eigenvalue weighted by atomic mass is 35.5. The van der Waals surface area contributed by atoms with Crippen molar-refractivity contribution in [1.29, 1.82) is 0 Å². The highest BCUT2D eigenvalue weighted by Gasteiger charge is 2.38. The Morgan fingerprint density at radius 3 is 2.33 bits per heavy atom. The van der Waals surface area contributed by atoms with E-state index in [4.69, 9.17) is 42.1 Å². The number of allylic oxidation sites excluding steroid dienone is 4. The van der Waals surface area contributed by atoms with E-state index in [1.165, 1.54) is 13.2 Å². The lowest BCUT2D eigenvalue weighted by Gasteiger charge is -2.44. The molecular weight excluding hydrogens is 663 g/mol. The fourth-order valence-electron chi connectivity index (χ4n) is 6.36. The number of fused-ring (bicyclic) bond motifs is 3. The number of hydrogen-bond acceptors (Lipinski definition) is 8. The van der Waals surface area contributed by atoms with E-state index in [0.29, 0.717) is 44.3 Å². The average Bonchev–Trinajstić information content (AvgIpc) is 3.15. The predicted molar refractivity (Wildman–Crippen MR) is 193 cm³/mol. The van der Waals surface area contributed by atoms with Crippen molar-refractivity contribution in [3.05, 3.63) is 124 Å². The minimum atomic E-state index is -0.810. The first-order chi connectivity index (χ1) is 23.7. The average molecular weight is 706 g/mol. The first-order valence-electron chi connectivity index (χ1n) is 16.3. The highest BCUT2D eigenvalue weighted by molar-refractivity contribution is 6.36. The van der Waals surface area contributed by atoms with Crippen LogP contribution >= 0.6 is 23.2 Å². The number of esters is 2. The molecule has 6 rings (SSSR count). The van der Waals surface area contributed by atoms with Crippen molar-refractivity contribution in [2.75, 3.05) is 39.2 Å². The van der Waals surface area contributed by atoms with E-state index in [9.17, 15) is 9.59 Å². The molecule has 0 aromatic heterocycles. The van der Waals surface area contributed by atoms with Gasteiger partial charge in [-0.15, -0.1) is 0 Å². The number of piperidine rings is 3. The molecule has 49 heavy (non-hydrogen) atoms. The van der Waals surface area contributed by atoms with Crippen molar-refractivity contribution < 1.29 is 28.5 Å². The molecule has 10 heteroatoms. The normalized spacial score (nSPS) is 20.3. The maximum atomic E-state index is 13.8. The molecule has 0 radical (unpaired) electrons. The van der Waals surface area contributed by atoms with Gasteiger partial charge in [-0.2, -0.15) is 0 Å². The lowest BCUT2D eigenvalue weighted by atomic mass is 9.86.